The van der Waals surface area contributed by atoms with Crippen LogP contribution in [0.4, 0.5) is 0 Å². The van der Waals surface area contributed by atoms with E-state index in [1.165, 1.54) is 25.7 Å². The van der Waals surface area contributed by atoms with Crippen molar-refractivity contribution < 1.29 is 0 Å². The summed E-state index contributed by atoms with van der Waals surface area (Å²) in [6.07, 6.45) is 5.89. The molecule has 0 aromatic rings. The van der Waals surface area contributed by atoms with Crippen molar-refractivity contribution >= 4 is 0 Å². The summed E-state index contributed by atoms with van der Waals surface area (Å²) in [5.74, 6) is 1.98. The highest BCUT2D eigenvalue weighted by Gasteiger charge is 2.76. The molecule has 0 spiro atoms. The third-order valence-electron chi connectivity index (χ3n) is 5.34. The van der Waals surface area contributed by atoms with Crippen LogP contribution in [0.5, 0.6) is 0 Å². The van der Waals surface area contributed by atoms with Crippen LogP contribution in [0.15, 0.2) is 0 Å². The van der Waals surface area contributed by atoms with Gasteiger partial charge in [-0.15, -0.1) is 0 Å². The van der Waals surface area contributed by atoms with E-state index in [1.54, 1.807) is 0 Å². The summed E-state index contributed by atoms with van der Waals surface area (Å²) in [5.41, 5.74) is 1.58. The Hall–Kier alpha value is 0. The summed E-state index contributed by atoms with van der Waals surface area (Å²) in [4.78, 5) is 0. The normalized spacial score (nSPS) is 52.5. The molecule has 0 heterocycles. The molecule has 0 amide bonds. The SMILES string of the molecule is CCC(C)CC12CCC1(C)C2C. The van der Waals surface area contributed by atoms with Crippen molar-refractivity contribution in [1.29, 1.82) is 0 Å². The second-order valence-corrected chi connectivity index (χ2v) is 5.51. The Bertz CT molecular complexity index is 196. The topological polar surface area (TPSA) is 0 Å². The Kier molecular flexibility index (Phi) is 1.63. The second kappa shape index (κ2) is 2.27. The average Bonchev–Trinajstić information content (AvgIpc) is 2.35. The van der Waals surface area contributed by atoms with Gasteiger partial charge in [-0.2, -0.15) is 0 Å². The van der Waals surface area contributed by atoms with Gasteiger partial charge in [0.15, 0.2) is 0 Å². The molecule has 2 fully saturated rings. The number of fused-ring (bicyclic) bond motifs is 1. The van der Waals surface area contributed by atoms with Crippen molar-refractivity contribution in [3.63, 3.8) is 0 Å². The van der Waals surface area contributed by atoms with E-state index in [2.05, 4.69) is 27.7 Å². The molecule has 2 aliphatic rings. The zero-order valence-corrected chi connectivity index (χ0v) is 8.98. The third kappa shape index (κ3) is 0.744. The Labute approximate surface area is 76.7 Å². The van der Waals surface area contributed by atoms with Crippen molar-refractivity contribution in [2.24, 2.45) is 22.7 Å². The Morgan fingerprint density at radius 2 is 2.08 bits per heavy atom. The largest absolute Gasteiger partial charge is 0.0651 e. The molecule has 0 aromatic carbocycles. The number of rotatable bonds is 3. The standard InChI is InChI=1S/C12H22/c1-5-9(2)8-12-7-6-11(12,4)10(12)3/h9-10H,5-8H2,1-4H3. The van der Waals surface area contributed by atoms with Gasteiger partial charge in [-0.1, -0.05) is 34.1 Å². The van der Waals surface area contributed by atoms with E-state index in [-0.39, 0.29) is 0 Å². The molecule has 0 aromatic heterocycles. The van der Waals surface area contributed by atoms with Crippen LogP contribution < -0.4 is 0 Å². The average molecular weight is 166 g/mol. The van der Waals surface area contributed by atoms with Crippen LogP contribution in [0.25, 0.3) is 0 Å². The van der Waals surface area contributed by atoms with Crippen LogP contribution in [0, 0.1) is 22.7 Å². The van der Waals surface area contributed by atoms with E-state index in [4.69, 9.17) is 0 Å². The van der Waals surface area contributed by atoms with Crippen molar-refractivity contribution in [2.45, 2.75) is 53.4 Å². The predicted octanol–water partition coefficient (Wildman–Crippen LogP) is 3.86. The lowest BCUT2D eigenvalue weighted by Gasteiger charge is -2.34. The minimum Gasteiger partial charge on any atom is -0.0651 e. The lowest BCUT2D eigenvalue weighted by Crippen LogP contribution is -2.24. The van der Waals surface area contributed by atoms with Crippen LogP contribution in [0.2, 0.25) is 0 Å². The smallest absolute Gasteiger partial charge is 0.0207 e. The molecule has 0 nitrogen and oxygen atoms in total. The van der Waals surface area contributed by atoms with Crippen LogP contribution >= 0.6 is 0 Å². The summed E-state index contributed by atoms with van der Waals surface area (Å²) in [6.45, 7) is 9.71. The molecular formula is C12H22. The Morgan fingerprint density at radius 3 is 2.33 bits per heavy atom. The predicted molar refractivity (Wildman–Crippen MR) is 53.0 cm³/mol. The molecule has 4 atom stereocenters. The quantitative estimate of drug-likeness (QED) is 0.597. The zero-order chi connectivity index (χ0) is 8.98. The summed E-state index contributed by atoms with van der Waals surface area (Å²) < 4.78 is 0. The van der Waals surface area contributed by atoms with Gasteiger partial charge in [0.05, 0.1) is 0 Å². The molecule has 0 saturated heterocycles. The summed E-state index contributed by atoms with van der Waals surface area (Å²) >= 11 is 0. The minimum absolute atomic E-state index is 0.774. The lowest BCUT2D eigenvalue weighted by molar-refractivity contribution is 0.158. The van der Waals surface area contributed by atoms with E-state index >= 15 is 0 Å². The molecule has 70 valence electrons. The minimum atomic E-state index is 0.774. The summed E-state index contributed by atoms with van der Waals surface area (Å²) in [6, 6.07) is 0. The van der Waals surface area contributed by atoms with Gasteiger partial charge in [-0.05, 0) is 41.9 Å². The van der Waals surface area contributed by atoms with Gasteiger partial charge >= 0.3 is 0 Å². The first-order valence-electron chi connectivity index (χ1n) is 5.57. The van der Waals surface area contributed by atoms with E-state index in [0.717, 1.165) is 22.7 Å². The van der Waals surface area contributed by atoms with Crippen LogP contribution in [-0.4, -0.2) is 0 Å². The maximum absolute atomic E-state index is 2.50. The first kappa shape index (κ1) is 8.59. The molecule has 2 rings (SSSR count). The highest BCUT2D eigenvalue weighted by Crippen LogP contribution is 2.83. The Morgan fingerprint density at radius 1 is 1.42 bits per heavy atom. The van der Waals surface area contributed by atoms with E-state index in [1.807, 2.05) is 0 Å². The molecular weight excluding hydrogens is 144 g/mol. The van der Waals surface area contributed by atoms with Gasteiger partial charge in [-0.25, -0.2) is 0 Å². The first-order chi connectivity index (χ1) is 5.57. The van der Waals surface area contributed by atoms with Crippen LogP contribution in [0.1, 0.15) is 53.4 Å². The maximum atomic E-state index is 2.50. The number of hydrogen-bond acceptors (Lipinski definition) is 0. The number of hydrogen-bond donors (Lipinski definition) is 0. The van der Waals surface area contributed by atoms with E-state index < -0.39 is 0 Å². The fraction of sp³-hybridized carbons (Fsp3) is 1.00. The van der Waals surface area contributed by atoms with Crippen molar-refractivity contribution in [3.05, 3.63) is 0 Å². The van der Waals surface area contributed by atoms with Crippen molar-refractivity contribution in [2.75, 3.05) is 0 Å². The molecule has 2 aliphatic carbocycles. The van der Waals surface area contributed by atoms with Gasteiger partial charge in [0.2, 0.25) is 0 Å². The molecule has 0 radical (unpaired) electrons. The van der Waals surface area contributed by atoms with Gasteiger partial charge < -0.3 is 0 Å². The molecule has 2 saturated carbocycles. The monoisotopic (exact) mass is 166 g/mol. The van der Waals surface area contributed by atoms with Crippen LogP contribution in [-0.2, 0) is 0 Å². The first-order valence-corrected chi connectivity index (χ1v) is 5.57. The molecule has 0 aliphatic heterocycles. The third-order valence-corrected chi connectivity index (χ3v) is 5.34. The van der Waals surface area contributed by atoms with Crippen molar-refractivity contribution in [3.8, 4) is 0 Å². The molecule has 0 N–H and O–H groups in total. The fourth-order valence-corrected chi connectivity index (χ4v) is 3.66. The molecule has 12 heavy (non-hydrogen) atoms. The highest BCUT2D eigenvalue weighted by atomic mass is 14.8. The van der Waals surface area contributed by atoms with Crippen molar-refractivity contribution in [1.82, 2.24) is 0 Å². The molecule has 0 heteroatoms. The summed E-state index contributed by atoms with van der Waals surface area (Å²) in [5, 5.41) is 0. The molecule has 4 unspecified atom stereocenters. The van der Waals surface area contributed by atoms with Gasteiger partial charge in [0.25, 0.3) is 0 Å². The maximum Gasteiger partial charge on any atom is -0.0207 e. The van der Waals surface area contributed by atoms with E-state index in [9.17, 15) is 0 Å². The summed E-state index contributed by atoms with van der Waals surface area (Å²) in [7, 11) is 0. The van der Waals surface area contributed by atoms with Gasteiger partial charge in [0.1, 0.15) is 0 Å². The Balaban J connectivity index is 1.98. The van der Waals surface area contributed by atoms with Gasteiger partial charge in [-0.3, -0.25) is 0 Å². The second-order valence-electron chi connectivity index (χ2n) is 5.51. The van der Waals surface area contributed by atoms with E-state index in [0.29, 0.717) is 0 Å². The fourth-order valence-electron chi connectivity index (χ4n) is 3.66. The zero-order valence-electron chi connectivity index (χ0n) is 8.98. The lowest BCUT2D eigenvalue weighted by atomic mass is 9.70. The highest BCUT2D eigenvalue weighted by molar-refractivity contribution is 5.24. The van der Waals surface area contributed by atoms with Gasteiger partial charge in [0, 0.05) is 0 Å². The van der Waals surface area contributed by atoms with Crippen LogP contribution in [0.3, 0.4) is 0 Å². The molecule has 0 bridgehead atoms.